The summed E-state index contributed by atoms with van der Waals surface area (Å²) in [4.78, 5) is 27.9. The molecule has 32 heavy (non-hydrogen) atoms. The lowest BCUT2D eigenvalue weighted by Gasteiger charge is -2.23. The van der Waals surface area contributed by atoms with Crippen LogP contribution < -0.4 is 10.2 Å². The minimum Gasteiger partial charge on any atom is -0.345 e. The van der Waals surface area contributed by atoms with Crippen molar-refractivity contribution in [2.75, 3.05) is 10.2 Å². The Kier molecular flexibility index (Phi) is 5.07. The van der Waals surface area contributed by atoms with Gasteiger partial charge in [-0.2, -0.15) is 0 Å². The van der Waals surface area contributed by atoms with E-state index in [9.17, 15) is 9.59 Å². The number of carbonyl (C=O) groups is 2. The van der Waals surface area contributed by atoms with Gasteiger partial charge in [-0.05, 0) is 66.6 Å². The summed E-state index contributed by atoms with van der Waals surface area (Å²) >= 11 is 0. The van der Waals surface area contributed by atoms with Crippen molar-refractivity contribution in [2.24, 2.45) is 0 Å². The maximum atomic E-state index is 13.6. The van der Waals surface area contributed by atoms with E-state index in [2.05, 4.69) is 28.2 Å². The van der Waals surface area contributed by atoms with Crippen molar-refractivity contribution in [3.05, 3.63) is 119 Å². The second-order valence-corrected chi connectivity index (χ2v) is 8.00. The summed E-state index contributed by atoms with van der Waals surface area (Å²) in [5, 5.41) is 2.94. The first-order valence-electron chi connectivity index (χ1n) is 10.6. The van der Waals surface area contributed by atoms with Crippen LogP contribution >= 0.6 is 0 Å². The molecule has 3 aromatic carbocycles. The molecule has 4 aromatic rings. The number of nitrogens with one attached hydrogen (secondary N) is 1. The van der Waals surface area contributed by atoms with Crippen LogP contribution in [0, 0.1) is 6.92 Å². The quantitative estimate of drug-likeness (QED) is 0.491. The van der Waals surface area contributed by atoms with Crippen LogP contribution in [0.4, 0.5) is 11.4 Å². The molecule has 1 aliphatic heterocycles. The van der Waals surface area contributed by atoms with E-state index in [0.717, 1.165) is 29.1 Å². The first-order chi connectivity index (χ1) is 15.6. The van der Waals surface area contributed by atoms with Crippen LogP contribution in [0.5, 0.6) is 0 Å². The SMILES string of the molecule is Cc1cc(C(=O)N2Cc3cccn3Cc3ccccc32)ccc1NC(=O)c1ccccc1. The van der Waals surface area contributed by atoms with Crippen LogP contribution in [0.15, 0.2) is 91.1 Å². The molecule has 5 rings (SSSR count). The van der Waals surface area contributed by atoms with Gasteiger partial charge in [0.15, 0.2) is 0 Å². The number of nitrogens with zero attached hydrogens (tertiary/aromatic N) is 2. The van der Waals surface area contributed by atoms with Crippen LogP contribution in [0.2, 0.25) is 0 Å². The maximum Gasteiger partial charge on any atom is 0.258 e. The molecule has 0 spiro atoms. The van der Waals surface area contributed by atoms with Crippen LogP contribution in [-0.2, 0) is 13.1 Å². The second-order valence-electron chi connectivity index (χ2n) is 8.00. The van der Waals surface area contributed by atoms with E-state index in [1.807, 2.05) is 60.4 Å². The summed E-state index contributed by atoms with van der Waals surface area (Å²) in [6, 6.07) is 26.6. The number of benzene rings is 3. The first kappa shape index (κ1) is 19.8. The monoisotopic (exact) mass is 421 g/mol. The van der Waals surface area contributed by atoms with Crippen molar-refractivity contribution in [1.82, 2.24) is 4.57 Å². The molecule has 0 fully saturated rings. The number of aryl methyl sites for hydroxylation is 1. The molecule has 1 aliphatic rings. The highest BCUT2D eigenvalue weighted by atomic mass is 16.2. The van der Waals surface area contributed by atoms with Crippen molar-refractivity contribution < 1.29 is 9.59 Å². The van der Waals surface area contributed by atoms with Gasteiger partial charge in [0.1, 0.15) is 0 Å². The van der Waals surface area contributed by atoms with Crippen molar-refractivity contribution in [1.29, 1.82) is 0 Å². The van der Waals surface area contributed by atoms with Crippen molar-refractivity contribution in [3.8, 4) is 0 Å². The molecule has 158 valence electrons. The molecule has 0 aliphatic carbocycles. The second kappa shape index (κ2) is 8.19. The van der Waals surface area contributed by atoms with Gasteiger partial charge >= 0.3 is 0 Å². The molecule has 0 radical (unpaired) electrons. The average Bonchev–Trinajstić information content (AvgIpc) is 3.19. The number of aromatic nitrogens is 1. The summed E-state index contributed by atoms with van der Waals surface area (Å²) < 4.78 is 2.18. The standard InChI is InChI=1S/C27H23N3O2/c1-19-16-21(13-14-24(19)28-26(31)20-8-3-2-4-9-20)27(32)30-18-23-11-7-15-29(23)17-22-10-5-6-12-25(22)30/h2-16H,17-18H2,1H3,(H,28,31). The molecule has 2 heterocycles. The zero-order valence-electron chi connectivity index (χ0n) is 17.8. The van der Waals surface area contributed by atoms with E-state index in [0.29, 0.717) is 23.4 Å². The van der Waals surface area contributed by atoms with Crippen LogP contribution in [0.3, 0.4) is 0 Å². The van der Waals surface area contributed by atoms with Gasteiger partial charge in [0.05, 0.1) is 6.54 Å². The molecule has 0 saturated heterocycles. The Morgan fingerprint density at radius 2 is 1.59 bits per heavy atom. The van der Waals surface area contributed by atoms with Gasteiger partial charge in [-0.1, -0.05) is 36.4 Å². The Labute approximate surface area is 186 Å². The molecule has 0 unspecified atom stereocenters. The molecule has 0 atom stereocenters. The summed E-state index contributed by atoms with van der Waals surface area (Å²) in [5.41, 5.74) is 5.86. The minimum atomic E-state index is -0.171. The fraction of sp³-hybridized carbons (Fsp3) is 0.111. The fourth-order valence-corrected chi connectivity index (χ4v) is 4.14. The van der Waals surface area contributed by atoms with Gasteiger partial charge in [0.25, 0.3) is 11.8 Å². The topological polar surface area (TPSA) is 54.3 Å². The van der Waals surface area contributed by atoms with Crippen LogP contribution in [0.25, 0.3) is 0 Å². The zero-order valence-corrected chi connectivity index (χ0v) is 17.8. The van der Waals surface area contributed by atoms with Crippen molar-refractivity contribution in [2.45, 2.75) is 20.0 Å². The molecule has 0 saturated carbocycles. The van der Waals surface area contributed by atoms with Gasteiger partial charge in [0, 0.05) is 40.9 Å². The maximum absolute atomic E-state index is 13.6. The largest absolute Gasteiger partial charge is 0.345 e. The molecule has 1 aromatic heterocycles. The third kappa shape index (κ3) is 3.69. The normalized spacial score (nSPS) is 12.5. The van der Waals surface area contributed by atoms with E-state index < -0.39 is 0 Å². The van der Waals surface area contributed by atoms with Crippen LogP contribution in [0.1, 0.15) is 37.5 Å². The highest BCUT2D eigenvalue weighted by molar-refractivity contribution is 6.08. The number of carbonyl (C=O) groups excluding carboxylic acids is 2. The predicted molar refractivity (Wildman–Crippen MR) is 126 cm³/mol. The lowest BCUT2D eigenvalue weighted by atomic mass is 10.1. The minimum absolute atomic E-state index is 0.0591. The highest BCUT2D eigenvalue weighted by Gasteiger charge is 2.25. The van der Waals surface area contributed by atoms with Gasteiger partial charge in [0.2, 0.25) is 0 Å². The molecular weight excluding hydrogens is 398 g/mol. The molecule has 2 amide bonds. The Hall–Kier alpha value is -4.12. The van der Waals surface area contributed by atoms with Crippen LogP contribution in [-0.4, -0.2) is 16.4 Å². The Morgan fingerprint density at radius 1 is 0.812 bits per heavy atom. The smallest absolute Gasteiger partial charge is 0.258 e. The lowest BCUT2D eigenvalue weighted by Crippen LogP contribution is -2.30. The Bertz CT molecular complexity index is 1310. The lowest BCUT2D eigenvalue weighted by molar-refractivity contribution is 0.0983. The fourth-order valence-electron chi connectivity index (χ4n) is 4.14. The number of para-hydroxylation sites is 1. The van der Waals surface area contributed by atoms with Gasteiger partial charge in [-0.15, -0.1) is 0 Å². The van der Waals surface area contributed by atoms with E-state index in [4.69, 9.17) is 0 Å². The van der Waals surface area contributed by atoms with Gasteiger partial charge in [-0.3, -0.25) is 9.59 Å². The summed E-state index contributed by atoms with van der Waals surface area (Å²) in [7, 11) is 0. The molecule has 0 bridgehead atoms. The average molecular weight is 422 g/mol. The number of rotatable bonds is 3. The van der Waals surface area contributed by atoms with Gasteiger partial charge < -0.3 is 14.8 Å². The third-order valence-corrected chi connectivity index (χ3v) is 5.87. The number of anilines is 2. The third-order valence-electron chi connectivity index (χ3n) is 5.87. The Balaban J connectivity index is 1.43. The number of fused-ring (bicyclic) bond motifs is 2. The number of amides is 2. The van der Waals surface area contributed by atoms with Gasteiger partial charge in [-0.25, -0.2) is 0 Å². The zero-order chi connectivity index (χ0) is 22.1. The molecule has 5 heteroatoms. The number of hydrogen-bond acceptors (Lipinski definition) is 2. The van der Waals surface area contributed by atoms with E-state index in [1.54, 1.807) is 24.3 Å². The first-order valence-corrected chi connectivity index (χ1v) is 10.6. The molecule has 1 N–H and O–H groups in total. The van der Waals surface area contributed by atoms with E-state index >= 15 is 0 Å². The highest BCUT2D eigenvalue weighted by Crippen LogP contribution is 2.30. The molecular formula is C27H23N3O2. The summed E-state index contributed by atoms with van der Waals surface area (Å²) in [6.07, 6.45) is 2.05. The summed E-state index contributed by atoms with van der Waals surface area (Å²) in [6.45, 7) is 3.15. The summed E-state index contributed by atoms with van der Waals surface area (Å²) in [5.74, 6) is -0.230. The van der Waals surface area contributed by atoms with Crippen molar-refractivity contribution >= 4 is 23.2 Å². The van der Waals surface area contributed by atoms with E-state index in [-0.39, 0.29) is 11.8 Å². The van der Waals surface area contributed by atoms with E-state index in [1.165, 1.54) is 0 Å². The number of hydrogen-bond donors (Lipinski definition) is 1. The molecule has 5 nitrogen and oxygen atoms in total. The Morgan fingerprint density at radius 3 is 2.41 bits per heavy atom. The predicted octanol–water partition coefficient (Wildman–Crippen LogP) is 5.26. The van der Waals surface area contributed by atoms with Crippen molar-refractivity contribution in [3.63, 3.8) is 0 Å².